The summed E-state index contributed by atoms with van der Waals surface area (Å²) in [7, 11) is 1.00. The molecule has 1 saturated heterocycles. The Morgan fingerprint density at radius 3 is 2.50 bits per heavy atom. The van der Waals surface area contributed by atoms with Crippen LogP contribution in [0.3, 0.4) is 0 Å². The Kier molecular flexibility index (Phi) is 8.06. The molecule has 1 rings (SSSR count). The molecule has 0 aliphatic carbocycles. The zero-order chi connectivity index (χ0) is 20.1. The first-order valence-corrected chi connectivity index (χ1v) is 8.00. The number of methoxy groups -OCH3 is 1. The van der Waals surface area contributed by atoms with E-state index in [-0.39, 0.29) is 18.6 Å². The van der Waals surface area contributed by atoms with Gasteiger partial charge < -0.3 is 50.5 Å². The molecule has 1 aliphatic rings. The number of aliphatic hydroxyl groups excluding tert-OH is 4. The third-order valence-corrected chi connectivity index (χ3v) is 4.19. The molecule has 0 bridgehead atoms. The predicted octanol–water partition coefficient (Wildman–Crippen LogP) is -3.75. The summed E-state index contributed by atoms with van der Waals surface area (Å²) in [6.07, 6.45) is -7.17. The summed E-state index contributed by atoms with van der Waals surface area (Å²) in [5.74, 6) is -4.77. The summed E-state index contributed by atoms with van der Waals surface area (Å²) < 4.78 is 10.1. The van der Waals surface area contributed by atoms with E-state index in [1.165, 1.54) is 6.92 Å². The maximum absolute atomic E-state index is 12.0. The van der Waals surface area contributed by atoms with Crippen LogP contribution < -0.4 is 10.4 Å². The summed E-state index contributed by atoms with van der Waals surface area (Å²) in [4.78, 5) is 23.4. The fourth-order valence-corrected chi connectivity index (χ4v) is 2.66. The van der Waals surface area contributed by atoms with Gasteiger partial charge in [-0.25, -0.2) is 0 Å². The molecule has 26 heavy (non-hydrogen) atoms. The van der Waals surface area contributed by atoms with Crippen LogP contribution in [0.4, 0.5) is 0 Å². The number of aliphatic carboxylic acids is 1. The highest BCUT2D eigenvalue weighted by Crippen LogP contribution is 2.32. The van der Waals surface area contributed by atoms with Crippen LogP contribution in [0.15, 0.2) is 0 Å². The van der Waals surface area contributed by atoms with Crippen molar-refractivity contribution in [3.05, 3.63) is 0 Å². The van der Waals surface area contributed by atoms with Crippen LogP contribution in [0.2, 0.25) is 0 Å². The fraction of sp³-hybridized carbons (Fsp3) is 0.800. The third kappa shape index (κ3) is 5.19. The van der Waals surface area contributed by atoms with E-state index >= 15 is 0 Å². The number of carbonyl (C=O) groups excluding carboxylic acids is 2. The smallest absolute Gasteiger partial charge is 0.220 e. The highest BCUT2D eigenvalue weighted by atomic mass is 16.7. The van der Waals surface area contributed by atoms with Crippen molar-refractivity contribution in [1.29, 1.82) is 5.41 Å². The van der Waals surface area contributed by atoms with E-state index in [0.717, 1.165) is 7.11 Å². The van der Waals surface area contributed by atoms with Crippen LogP contribution >= 0.6 is 0 Å². The first kappa shape index (κ1) is 22.4. The van der Waals surface area contributed by atoms with Crippen molar-refractivity contribution in [3.63, 3.8) is 0 Å². The van der Waals surface area contributed by atoms with Crippen LogP contribution in [-0.4, -0.2) is 88.0 Å². The largest absolute Gasteiger partial charge is 0.544 e. The maximum Gasteiger partial charge on any atom is 0.220 e. The van der Waals surface area contributed by atoms with Gasteiger partial charge in [-0.3, -0.25) is 4.79 Å². The Morgan fingerprint density at radius 2 is 2.04 bits per heavy atom. The SMILES string of the molecule is CO[C@]1(C(=O)[O-])CC(O)[C@@H](NC(=O)CCC(C)=N)C(C(O)C(O)CO)O1. The molecule has 0 spiro atoms. The lowest BCUT2D eigenvalue weighted by molar-refractivity contribution is -0.378. The second kappa shape index (κ2) is 9.35. The zero-order valence-corrected chi connectivity index (χ0v) is 14.5. The lowest BCUT2D eigenvalue weighted by atomic mass is 9.88. The lowest BCUT2D eigenvalue weighted by Crippen LogP contribution is -2.69. The molecule has 1 fully saturated rings. The molecule has 1 aliphatic heterocycles. The van der Waals surface area contributed by atoms with Gasteiger partial charge in [0.1, 0.15) is 24.3 Å². The minimum atomic E-state index is -2.40. The number of carboxylic acid groups (broad SMARTS) is 1. The number of carboxylic acids is 1. The van der Waals surface area contributed by atoms with Gasteiger partial charge in [0, 0.05) is 25.7 Å². The van der Waals surface area contributed by atoms with Crippen molar-refractivity contribution in [3.8, 4) is 0 Å². The summed E-state index contributed by atoms with van der Waals surface area (Å²) >= 11 is 0. The van der Waals surface area contributed by atoms with Gasteiger partial charge in [0.2, 0.25) is 11.7 Å². The molecule has 0 radical (unpaired) electrons. The van der Waals surface area contributed by atoms with Crippen molar-refractivity contribution in [2.24, 2.45) is 0 Å². The molecule has 1 heterocycles. The standard InChI is InChI=1S/C15H26N2O9/c1-7(16)3-4-10(21)17-11-8(19)5-15(25-2,14(23)24)26-13(11)12(22)9(20)6-18/h8-9,11-13,16,18-20,22H,3-6H2,1-2H3,(H,17,21)(H,23,24)/p-1/t8?,9?,11-,12?,13?,15-/m1/s1. The molecule has 0 saturated carbocycles. The molecule has 0 aromatic heterocycles. The normalized spacial score (nSPS) is 31.1. The number of ether oxygens (including phenoxy) is 2. The maximum atomic E-state index is 12.0. The molecular formula is C15H25N2O9-. The number of carbonyl (C=O) groups is 2. The molecule has 0 aromatic carbocycles. The first-order chi connectivity index (χ1) is 12.1. The molecule has 11 heteroatoms. The Balaban J connectivity index is 3.06. The second-order valence-electron chi connectivity index (χ2n) is 6.21. The van der Waals surface area contributed by atoms with Crippen molar-refractivity contribution >= 4 is 17.6 Å². The van der Waals surface area contributed by atoms with E-state index in [0.29, 0.717) is 0 Å². The van der Waals surface area contributed by atoms with Crippen molar-refractivity contribution in [1.82, 2.24) is 5.32 Å². The number of rotatable bonds is 9. The molecule has 150 valence electrons. The number of hydrogen-bond donors (Lipinski definition) is 6. The number of aliphatic hydroxyl groups is 4. The molecular weight excluding hydrogens is 352 g/mol. The second-order valence-corrected chi connectivity index (χ2v) is 6.21. The fourth-order valence-electron chi connectivity index (χ4n) is 2.66. The topological polar surface area (TPSA) is 192 Å². The predicted molar refractivity (Wildman–Crippen MR) is 83.9 cm³/mol. The molecule has 4 unspecified atom stereocenters. The summed E-state index contributed by atoms with van der Waals surface area (Å²) in [5.41, 5.74) is 0.267. The number of amides is 1. The Hall–Kier alpha value is -1.63. The van der Waals surface area contributed by atoms with Gasteiger partial charge in [-0.2, -0.15) is 0 Å². The average Bonchev–Trinajstić information content (AvgIpc) is 2.59. The number of nitrogens with one attached hydrogen (secondary N) is 2. The van der Waals surface area contributed by atoms with Gasteiger partial charge in [-0.1, -0.05) is 0 Å². The number of hydrogen-bond acceptors (Lipinski definition) is 10. The van der Waals surface area contributed by atoms with Crippen LogP contribution in [-0.2, 0) is 19.1 Å². The van der Waals surface area contributed by atoms with Gasteiger partial charge in [0.25, 0.3) is 0 Å². The summed E-state index contributed by atoms with van der Waals surface area (Å²) in [5, 5.41) is 60.3. The summed E-state index contributed by atoms with van der Waals surface area (Å²) in [6.45, 7) is 0.652. The highest BCUT2D eigenvalue weighted by molar-refractivity contribution is 5.85. The van der Waals surface area contributed by atoms with Crippen LogP contribution in [0.5, 0.6) is 0 Å². The highest BCUT2D eigenvalue weighted by Gasteiger charge is 2.52. The van der Waals surface area contributed by atoms with Crippen molar-refractivity contribution < 1.29 is 44.6 Å². The van der Waals surface area contributed by atoms with Crippen molar-refractivity contribution in [2.75, 3.05) is 13.7 Å². The molecule has 1 amide bonds. The third-order valence-electron chi connectivity index (χ3n) is 4.19. The summed E-state index contributed by atoms with van der Waals surface area (Å²) in [6, 6.07) is -1.28. The van der Waals surface area contributed by atoms with Crippen molar-refractivity contribution in [2.45, 2.75) is 62.4 Å². The van der Waals surface area contributed by atoms with Gasteiger partial charge >= 0.3 is 0 Å². The van der Waals surface area contributed by atoms with E-state index < -0.39 is 61.1 Å². The Morgan fingerprint density at radius 1 is 1.42 bits per heavy atom. The zero-order valence-electron chi connectivity index (χ0n) is 14.5. The Labute approximate surface area is 150 Å². The quantitative estimate of drug-likeness (QED) is 0.219. The van der Waals surface area contributed by atoms with E-state index in [4.69, 9.17) is 20.0 Å². The van der Waals surface area contributed by atoms with E-state index in [9.17, 15) is 30.0 Å². The van der Waals surface area contributed by atoms with Crippen LogP contribution in [0.1, 0.15) is 26.2 Å². The van der Waals surface area contributed by atoms with Gasteiger partial charge in [0.05, 0.1) is 18.8 Å². The average molecular weight is 377 g/mol. The van der Waals surface area contributed by atoms with E-state index in [1.54, 1.807) is 0 Å². The van der Waals surface area contributed by atoms with E-state index in [1.807, 2.05) is 0 Å². The van der Waals surface area contributed by atoms with Gasteiger partial charge in [-0.15, -0.1) is 0 Å². The minimum Gasteiger partial charge on any atom is -0.544 e. The molecule has 6 N–H and O–H groups in total. The van der Waals surface area contributed by atoms with Gasteiger partial charge in [0.15, 0.2) is 0 Å². The molecule has 11 nitrogen and oxygen atoms in total. The van der Waals surface area contributed by atoms with Gasteiger partial charge in [-0.05, 0) is 13.3 Å². The molecule has 6 atom stereocenters. The van der Waals surface area contributed by atoms with Crippen LogP contribution in [0.25, 0.3) is 0 Å². The monoisotopic (exact) mass is 377 g/mol. The van der Waals surface area contributed by atoms with Crippen LogP contribution in [0, 0.1) is 5.41 Å². The minimum absolute atomic E-state index is 0.0696. The lowest BCUT2D eigenvalue weighted by Gasteiger charge is -2.48. The Bertz CT molecular complexity index is 529. The molecule has 0 aromatic rings. The van der Waals surface area contributed by atoms with E-state index in [2.05, 4.69) is 5.32 Å². The first-order valence-electron chi connectivity index (χ1n) is 8.00.